The van der Waals surface area contributed by atoms with Crippen LogP contribution in [0.1, 0.15) is 36.3 Å². The summed E-state index contributed by atoms with van der Waals surface area (Å²) in [6, 6.07) is 2.07. The fourth-order valence-corrected chi connectivity index (χ4v) is 3.05. The summed E-state index contributed by atoms with van der Waals surface area (Å²) in [6.45, 7) is 0. The third-order valence-electron chi connectivity index (χ3n) is 3.59. The van der Waals surface area contributed by atoms with Crippen LogP contribution in [0.2, 0.25) is 0 Å². The molecule has 0 aromatic heterocycles. The van der Waals surface area contributed by atoms with Crippen molar-refractivity contribution in [2.24, 2.45) is 0 Å². The Morgan fingerprint density at radius 1 is 1.22 bits per heavy atom. The van der Waals surface area contributed by atoms with Crippen LogP contribution in [0.15, 0.2) is 12.1 Å². The Labute approximate surface area is 131 Å². The summed E-state index contributed by atoms with van der Waals surface area (Å²) >= 11 is 0. The van der Waals surface area contributed by atoms with Crippen LogP contribution in [-0.4, -0.2) is 30.5 Å². The lowest BCUT2D eigenvalue weighted by atomic mass is 9.89. The number of hydrogen-bond acceptors (Lipinski definition) is 4. The van der Waals surface area contributed by atoms with Crippen LogP contribution >= 0.6 is 0 Å². The van der Waals surface area contributed by atoms with Crippen molar-refractivity contribution < 1.29 is 31.3 Å². The second kappa shape index (κ2) is 6.71. The third-order valence-corrected chi connectivity index (χ3v) is 4.40. The average molecular weight is 347 g/mol. The molecule has 9 heteroatoms. The Hall–Kier alpha value is -1.87. The molecule has 1 aliphatic heterocycles. The summed E-state index contributed by atoms with van der Waals surface area (Å²) in [5.74, 6) is -4.63. The van der Waals surface area contributed by atoms with E-state index < -0.39 is 50.8 Å². The van der Waals surface area contributed by atoms with Crippen LogP contribution in [0, 0.1) is 11.6 Å². The minimum atomic E-state index is -4.12. The molecule has 1 fully saturated rings. The van der Waals surface area contributed by atoms with E-state index in [1.807, 2.05) is 5.32 Å². The molecule has 1 unspecified atom stereocenters. The van der Waals surface area contributed by atoms with Crippen molar-refractivity contribution in [3.8, 4) is 0 Å². The zero-order valence-corrected chi connectivity index (χ0v) is 12.8. The van der Waals surface area contributed by atoms with Crippen LogP contribution in [0.3, 0.4) is 0 Å². The van der Waals surface area contributed by atoms with E-state index in [-0.39, 0.29) is 31.2 Å². The Kier molecular flexibility index (Phi) is 5.10. The molecule has 1 heterocycles. The van der Waals surface area contributed by atoms with Gasteiger partial charge in [-0.1, -0.05) is 0 Å². The van der Waals surface area contributed by atoms with Crippen molar-refractivity contribution in [3.63, 3.8) is 0 Å². The van der Waals surface area contributed by atoms with Gasteiger partial charge in [0.2, 0.25) is 11.8 Å². The van der Waals surface area contributed by atoms with Crippen molar-refractivity contribution in [1.29, 1.82) is 0 Å². The second-order valence-corrected chi connectivity index (χ2v) is 6.94. The maximum atomic E-state index is 14.2. The van der Waals surface area contributed by atoms with Gasteiger partial charge in [0, 0.05) is 12.0 Å². The normalized spacial score (nSPS) is 18.8. The number of nitrogens with one attached hydrogen (secondary N) is 1. The van der Waals surface area contributed by atoms with E-state index in [4.69, 9.17) is 4.55 Å². The SMILES string of the molecule is O=C1CCC(c2c(F)cc(CCCS(=O)(=O)O)cc2F)C(=O)N1. The Morgan fingerprint density at radius 2 is 1.83 bits per heavy atom. The van der Waals surface area contributed by atoms with E-state index >= 15 is 0 Å². The molecule has 126 valence electrons. The molecule has 1 aromatic carbocycles. The van der Waals surface area contributed by atoms with E-state index in [0.717, 1.165) is 12.1 Å². The first-order valence-electron chi connectivity index (χ1n) is 6.94. The number of aryl methyl sites for hydroxylation is 1. The first-order valence-corrected chi connectivity index (χ1v) is 8.55. The van der Waals surface area contributed by atoms with Gasteiger partial charge in [-0.05, 0) is 37.0 Å². The fourth-order valence-electron chi connectivity index (χ4n) is 2.54. The van der Waals surface area contributed by atoms with Crippen LogP contribution < -0.4 is 5.32 Å². The number of piperidine rings is 1. The van der Waals surface area contributed by atoms with Crippen molar-refractivity contribution in [2.75, 3.05) is 5.75 Å². The number of carbonyl (C=O) groups excluding carboxylic acids is 2. The first kappa shape index (κ1) is 17.5. The maximum absolute atomic E-state index is 14.2. The predicted octanol–water partition coefficient (Wildman–Crippen LogP) is 1.31. The van der Waals surface area contributed by atoms with Crippen molar-refractivity contribution in [3.05, 3.63) is 34.9 Å². The quantitative estimate of drug-likeness (QED) is 0.618. The minimum absolute atomic E-state index is 0.00535. The highest BCUT2D eigenvalue weighted by Crippen LogP contribution is 2.30. The molecule has 1 aliphatic rings. The van der Waals surface area contributed by atoms with E-state index in [1.165, 1.54) is 0 Å². The van der Waals surface area contributed by atoms with E-state index in [1.54, 1.807) is 0 Å². The average Bonchev–Trinajstić information content (AvgIpc) is 2.39. The zero-order valence-electron chi connectivity index (χ0n) is 12.0. The Balaban J connectivity index is 2.17. The summed E-state index contributed by atoms with van der Waals surface area (Å²) in [4.78, 5) is 22.8. The van der Waals surface area contributed by atoms with Crippen molar-refractivity contribution in [1.82, 2.24) is 5.32 Å². The maximum Gasteiger partial charge on any atom is 0.264 e. The minimum Gasteiger partial charge on any atom is -0.296 e. The second-order valence-electron chi connectivity index (χ2n) is 5.37. The molecule has 1 saturated heterocycles. The molecule has 2 rings (SSSR count). The number of carbonyl (C=O) groups is 2. The highest BCUT2D eigenvalue weighted by atomic mass is 32.2. The van der Waals surface area contributed by atoms with Gasteiger partial charge in [-0.2, -0.15) is 8.42 Å². The molecule has 2 amide bonds. The number of benzene rings is 1. The summed E-state index contributed by atoms with van der Waals surface area (Å²) in [6.07, 6.45) is 0.102. The lowest BCUT2D eigenvalue weighted by molar-refractivity contribution is -0.134. The molecular formula is C14H15F2NO5S. The fraction of sp³-hybridized carbons (Fsp3) is 0.429. The van der Waals surface area contributed by atoms with Crippen LogP contribution in [0.5, 0.6) is 0 Å². The van der Waals surface area contributed by atoms with Gasteiger partial charge in [0.25, 0.3) is 10.1 Å². The molecule has 0 spiro atoms. The molecule has 1 atom stereocenters. The third kappa shape index (κ3) is 4.55. The summed E-state index contributed by atoms with van der Waals surface area (Å²) < 4.78 is 58.2. The largest absolute Gasteiger partial charge is 0.296 e. The smallest absolute Gasteiger partial charge is 0.264 e. The van der Waals surface area contributed by atoms with Crippen molar-refractivity contribution >= 4 is 21.9 Å². The monoisotopic (exact) mass is 347 g/mol. The number of rotatable bonds is 5. The lowest BCUT2D eigenvalue weighted by Crippen LogP contribution is -2.40. The number of imide groups is 1. The Bertz CT molecular complexity index is 725. The highest BCUT2D eigenvalue weighted by molar-refractivity contribution is 7.85. The molecule has 2 N–H and O–H groups in total. The summed E-state index contributed by atoms with van der Waals surface area (Å²) in [5, 5.41) is 2.04. The first-order chi connectivity index (χ1) is 10.7. The van der Waals surface area contributed by atoms with Gasteiger partial charge in [-0.15, -0.1) is 0 Å². The molecule has 0 aliphatic carbocycles. The lowest BCUT2D eigenvalue weighted by Gasteiger charge is -2.22. The van der Waals surface area contributed by atoms with E-state index in [2.05, 4.69) is 0 Å². The van der Waals surface area contributed by atoms with Gasteiger partial charge in [-0.25, -0.2) is 8.78 Å². The van der Waals surface area contributed by atoms with Gasteiger partial charge in [0.15, 0.2) is 0 Å². The van der Waals surface area contributed by atoms with E-state index in [9.17, 15) is 26.8 Å². The number of amides is 2. The molecule has 23 heavy (non-hydrogen) atoms. The van der Waals surface area contributed by atoms with Gasteiger partial charge in [-0.3, -0.25) is 19.5 Å². The van der Waals surface area contributed by atoms with Gasteiger partial charge in [0.1, 0.15) is 11.6 Å². The topological polar surface area (TPSA) is 101 Å². The highest BCUT2D eigenvalue weighted by Gasteiger charge is 2.32. The summed E-state index contributed by atoms with van der Waals surface area (Å²) in [5.41, 5.74) is -0.173. The zero-order chi connectivity index (χ0) is 17.2. The number of hydrogen-bond donors (Lipinski definition) is 2. The van der Waals surface area contributed by atoms with Gasteiger partial charge >= 0.3 is 0 Å². The summed E-state index contributed by atoms with van der Waals surface area (Å²) in [7, 11) is -4.12. The Morgan fingerprint density at radius 3 is 2.35 bits per heavy atom. The predicted molar refractivity (Wildman–Crippen MR) is 76.2 cm³/mol. The number of halogens is 2. The molecule has 0 saturated carbocycles. The van der Waals surface area contributed by atoms with Crippen LogP contribution in [0.4, 0.5) is 8.78 Å². The molecule has 0 bridgehead atoms. The van der Waals surface area contributed by atoms with Gasteiger partial charge < -0.3 is 0 Å². The molecule has 1 aromatic rings. The van der Waals surface area contributed by atoms with Crippen molar-refractivity contribution in [2.45, 2.75) is 31.6 Å². The van der Waals surface area contributed by atoms with Crippen LogP contribution in [0.25, 0.3) is 0 Å². The van der Waals surface area contributed by atoms with E-state index in [0.29, 0.717) is 0 Å². The van der Waals surface area contributed by atoms with Gasteiger partial charge in [0.05, 0.1) is 11.7 Å². The van der Waals surface area contributed by atoms with Crippen LogP contribution in [-0.2, 0) is 26.1 Å². The molecule has 6 nitrogen and oxygen atoms in total. The molecule has 0 radical (unpaired) electrons. The molecular weight excluding hydrogens is 332 g/mol. The standard InChI is InChI=1S/C14H15F2NO5S/c15-10-6-8(2-1-5-23(20,21)22)7-11(16)13(10)9-3-4-12(18)17-14(9)19/h6-7,9H,1-5H2,(H,17,18,19)(H,20,21,22).